The summed E-state index contributed by atoms with van der Waals surface area (Å²) in [5, 5.41) is 9.29. The monoisotopic (exact) mass is 467 g/mol. The maximum atomic E-state index is 13.1. The summed E-state index contributed by atoms with van der Waals surface area (Å²) in [6, 6.07) is 16.2. The molecule has 0 radical (unpaired) electrons. The molecule has 1 N–H and O–H groups in total. The summed E-state index contributed by atoms with van der Waals surface area (Å²) in [6.07, 6.45) is 6.61. The van der Waals surface area contributed by atoms with Crippen molar-refractivity contribution < 1.29 is 19.4 Å². The summed E-state index contributed by atoms with van der Waals surface area (Å²) in [5.41, 5.74) is 4.33. The number of rotatable bonds is 16. The fourth-order valence-corrected chi connectivity index (χ4v) is 4.00. The molecule has 0 bridgehead atoms. The van der Waals surface area contributed by atoms with Gasteiger partial charge in [-0.1, -0.05) is 86.7 Å². The molecule has 2 aromatic rings. The van der Waals surface area contributed by atoms with E-state index in [-0.39, 0.29) is 5.91 Å². The molecule has 1 amide bonds. The lowest BCUT2D eigenvalue weighted by Gasteiger charge is -2.23. The lowest BCUT2D eigenvalue weighted by Crippen LogP contribution is -2.35. The number of amides is 1. The number of unbranched alkanes of at least 4 members (excludes halogenated alkanes) is 4. The molecule has 0 aromatic heterocycles. The average Bonchev–Trinajstić information content (AvgIpc) is 2.82. The van der Waals surface area contributed by atoms with Gasteiger partial charge in [-0.15, -0.1) is 0 Å². The summed E-state index contributed by atoms with van der Waals surface area (Å²) in [5.74, 6) is -0.760. The van der Waals surface area contributed by atoms with Crippen molar-refractivity contribution in [3.05, 3.63) is 70.8 Å². The van der Waals surface area contributed by atoms with E-state index < -0.39 is 12.1 Å². The Morgan fingerprint density at radius 1 is 0.853 bits per heavy atom. The minimum atomic E-state index is -0.937. The first-order chi connectivity index (χ1) is 16.4. The van der Waals surface area contributed by atoms with Crippen LogP contribution in [0.1, 0.15) is 68.2 Å². The molecule has 2 rings (SSSR count). The molecule has 5 nitrogen and oxygen atoms in total. The van der Waals surface area contributed by atoms with Crippen molar-refractivity contribution in [1.29, 1.82) is 0 Å². The number of carboxylic acid groups (broad SMARTS) is 1. The number of aryl methyl sites for hydroxylation is 1. The van der Waals surface area contributed by atoms with Gasteiger partial charge in [-0.3, -0.25) is 4.79 Å². The highest BCUT2D eigenvalue weighted by Gasteiger charge is 2.18. The molecule has 0 aliphatic carbocycles. The summed E-state index contributed by atoms with van der Waals surface area (Å²) in [6.45, 7) is 7.92. The number of ether oxygens (including phenoxy) is 1. The minimum absolute atomic E-state index is 0.178. The Kier molecular flexibility index (Phi) is 12.4. The van der Waals surface area contributed by atoms with Crippen molar-refractivity contribution in [2.75, 3.05) is 19.7 Å². The Morgan fingerprint density at radius 2 is 1.47 bits per heavy atom. The predicted octanol–water partition coefficient (Wildman–Crippen LogP) is 5.61. The van der Waals surface area contributed by atoms with Crippen LogP contribution in [0.4, 0.5) is 0 Å². The van der Waals surface area contributed by atoms with E-state index in [0.29, 0.717) is 26.0 Å². The lowest BCUT2D eigenvalue weighted by molar-refractivity contribution is -0.150. The van der Waals surface area contributed by atoms with Crippen LogP contribution in [0.3, 0.4) is 0 Å². The number of hydrogen-bond acceptors (Lipinski definition) is 3. The Labute approximate surface area is 205 Å². The third kappa shape index (κ3) is 10.1. The SMILES string of the molecule is CCCCCCCN(CCc1ccc(C[C@@H](OCC)C(=O)O)cc1)C(=O)Cc1ccc(C)cc1. The molecule has 5 heteroatoms. The average molecular weight is 468 g/mol. The first-order valence-electron chi connectivity index (χ1n) is 12.7. The van der Waals surface area contributed by atoms with Crippen LogP contribution in [0, 0.1) is 6.92 Å². The number of hydrogen-bond donors (Lipinski definition) is 1. The number of carboxylic acids is 1. The van der Waals surface area contributed by atoms with Crippen molar-refractivity contribution in [1.82, 2.24) is 4.90 Å². The maximum Gasteiger partial charge on any atom is 0.333 e. The fraction of sp³-hybridized carbons (Fsp3) is 0.517. The summed E-state index contributed by atoms with van der Waals surface area (Å²) >= 11 is 0. The molecular formula is C29H41NO4. The van der Waals surface area contributed by atoms with Crippen LogP contribution in [0.2, 0.25) is 0 Å². The second-order valence-corrected chi connectivity index (χ2v) is 9.01. The van der Waals surface area contributed by atoms with E-state index in [0.717, 1.165) is 42.5 Å². The maximum absolute atomic E-state index is 13.1. The third-order valence-electron chi connectivity index (χ3n) is 6.12. The van der Waals surface area contributed by atoms with Gasteiger partial charge in [-0.25, -0.2) is 4.79 Å². The van der Waals surface area contributed by atoms with Crippen molar-refractivity contribution in [2.24, 2.45) is 0 Å². The summed E-state index contributed by atoms with van der Waals surface area (Å²) in [7, 11) is 0. The number of carbonyl (C=O) groups excluding carboxylic acids is 1. The number of benzene rings is 2. The second-order valence-electron chi connectivity index (χ2n) is 9.01. The van der Waals surface area contributed by atoms with Crippen molar-refractivity contribution >= 4 is 11.9 Å². The van der Waals surface area contributed by atoms with Crippen LogP contribution in [0.5, 0.6) is 0 Å². The number of carbonyl (C=O) groups is 2. The first kappa shape index (κ1) is 27.6. The minimum Gasteiger partial charge on any atom is -0.479 e. The Bertz CT molecular complexity index is 861. The molecule has 0 heterocycles. The molecule has 0 spiro atoms. The van der Waals surface area contributed by atoms with Gasteiger partial charge in [0.25, 0.3) is 0 Å². The van der Waals surface area contributed by atoms with Crippen molar-refractivity contribution in [3.63, 3.8) is 0 Å². The third-order valence-corrected chi connectivity index (χ3v) is 6.12. The van der Waals surface area contributed by atoms with E-state index in [2.05, 4.69) is 26.0 Å². The quantitative estimate of drug-likeness (QED) is 0.326. The second kappa shape index (κ2) is 15.3. The van der Waals surface area contributed by atoms with Crippen LogP contribution in [0.25, 0.3) is 0 Å². The highest BCUT2D eigenvalue weighted by Crippen LogP contribution is 2.13. The van der Waals surface area contributed by atoms with Crippen LogP contribution in [0.15, 0.2) is 48.5 Å². The van der Waals surface area contributed by atoms with Crippen molar-refractivity contribution in [3.8, 4) is 0 Å². The predicted molar refractivity (Wildman–Crippen MR) is 137 cm³/mol. The molecule has 1 atom stereocenters. The zero-order valence-electron chi connectivity index (χ0n) is 21.1. The molecular weight excluding hydrogens is 426 g/mol. The topological polar surface area (TPSA) is 66.8 Å². The Hall–Kier alpha value is -2.66. The van der Waals surface area contributed by atoms with Gasteiger partial charge >= 0.3 is 5.97 Å². The van der Waals surface area contributed by atoms with E-state index in [1.54, 1.807) is 6.92 Å². The van der Waals surface area contributed by atoms with E-state index in [9.17, 15) is 14.7 Å². The van der Waals surface area contributed by atoms with Crippen LogP contribution in [-0.4, -0.2) is 47.7 Å². The van der Waals surface area contributed by atoms with E-state index in [4.69, 9.17) is 4.74 Å². The highest BCUT2D eigenvalue weighted by molar-refractivity contribution is 5.78. The van der Waals surface area contributed by atoms with E-state index in [1.165, 1.54) is 24.8 Å². The van der Waals surface area contributed by atoms with E-state index >= 15 is 0 Å². The van der Waals surface area contributed by atoms with Gasteiger partial charge in [0.05, 0.1) is 6.42 Å². The molecule has 0 aliphatic heterocycles. The van der Waals surface area contributed by atoms with Gasteiger partial charge < -0.3 is 14.7 Å². The molecule has 34 heavy (non-hydrogen) atoms. The van der Waals surface area contributed by atoms with Gasteiger partial charge in [0, 0.05) is 26.1 Å². The van der Waals surface area contributed by atoms with E-state index in [1.807, 2.05) is 41.3 Å². The van der Waals surface area contributed by atoms with Gasteiger partial charge in [0.1, 0.15) is 0 Å². The zero-order valence-corrected chi connectivity index (χ0v) is 21.1. The number of aliphatic carboxylic acids is 1. The Morgan fingerprint density at radius 3 is 2.09 bits per heavy atom. The largest absolute Gasteiger partial charge is 0.479 e. The molecule has 186 valence electrons. The van der Waals surface area contributed by atoms with Crippen molar-refractivity contribution in [2.45, 2.75) is 78.2 Å². The highest BCUT2D eigenvalue weighted by atomic mass is 16.5. The molecule has 0 saturated carbocycles. The van der Waals surface area contributed by atoms with Gasteiger partial charge in [0.15, 0.2) is 6.10 Å². The summed E-state index contributed by atoms with van der Waals surface area (Å²) in [4.78, 5) is 26.4. The normalized spacial score (nSPS) is 11.9. The zero-order chi connectivity index (χ0) is 24.8. The van der Waals surface area contributed by atoms with Gasteiger partial charge in [-0.05, 0) is 43.4 Å². The fourth-order valence-electron chi connectivity index (χ4n) is 4.00. The van der Waals surface area contributed by atoms with Gasteiger partial charge in [-0.2, -0.15) is 0 Å². The van der Waals surface area contributed by atoms with Gasteiger partial charge in [0.2, 0.25) is 5.91 Å². The molecule has 0 saturated heterocycles. The summed E-state index contributed by atoms with van der Waals surface area (Å²) < 4.78 is 5.32. The molecule has 0 unspecified atom stereocenters. The smallest absolute Gasteiger partial charge is 0.333 e. The van der Waals surface area contributed by atoms with Crippen LogP contribution in [-0.2, 0) is 33.6 Å². The first-order valence-corrected chi connectivity index (χ1v) is 12.7. The van der Waals surface area contributed by atoms with Crippen LogP contribution < -0.4 is 0 Å². The Balaban J connectivity index is 1.96. The number of nitrogens with zero attached hydrogens (tertiary/aromatic N) is 1. The lowest BCUT2D eigenvalue weighted by atomic mass is 10.0. The molecule has 2 aromatic carbocycles. The molecule has 0 aliphatic rings. The standard InChI is InChI=1S/C29H41NO4/c1-4-6-7-8-9-19-30(28(31)22-26-12-10-23(3)11-13-26)20-18-24-14-16-25(17-15-24)21-27(29(32)33)34-5-2/h10-17,27H,4-9,18-22H2,1-3H3,(H,32,33)/t27-/m1/s1. The molecule has 0 fully saturated rings. The van der Waals surface area contributed by atoms with Crippen LogP contribution >= 0.6 is 0 Å².